The predicted octanol–water partition coefficient (Wildman–Crippen LogP) is 1.60. The van der Waals surface area contributed by atoms with Crippen LogP contribution in [0.2, 0.25) is 0 Å². The molecule has 0 unspecified atom stereocenters. The van der Waals surface area contributed by atoms with Crippen LogP contribution in [0.3, 0.4) is 0 Å². The van der Waals surface area contributed by atoms with E-state index in [2.05, 4.69) is 23.9 Å². The number of esters is 1. The molecule has 0 aliphatic carbocycles. The number of hydrogen-bond acceptors (Lipinski definition) is 5. The fourth-order valence-corrected chi connectivity index (χ4v) is 1.62. The minimum Gasteiger partial charge on any atom is -0.482 e. The van der Waals surface area contributed by atoms with Gasteiger partial charge in [-0.15, -0.1) is 0 Å². The monoisotopic (exact) mass is 294 g/mol. The van der Waals surface area contributed by atoms with Crippen molar-refractivity contribution in [3.05, 3.63) is 23.8 Å². The van der Waals surface area contributed by atoms with Crippen molar-refractivity contribution in [1.82, 2.24) is 5.32 Å². The Labute approximate surface area is 124 Å². The van der Waals surface area contributed by atoms with Crippen LogP contribution in [-0.2, 0) is 9.53 Å². The Morgan fingerprint density at radius 3 is 2.62 bits per heavy atom. The topological polar surface area (TPSA) is 90.6 Å². The van der Waals surface area contributed by atoms with Gasteiger partial charge in [0.1, 0.15) is 5.75 Å². The number of hydrogen-bond donors (Lipinski definition) is 2. The van der Waals surface area contributed by atoms with Crippen molar-refractivity contribution < 1.29 is 19.1 Å². The van der Waals surface area contributed by atoms with Crippen molar-refractivity contribution in [3.63, 3.8) is 0 Å². The van der Waals surface area contributed by atoms with Crippen LogP contribution in [0.15, 0.2) is 18.2 Å². The van der Waals surface area contributed by atoms with Crippen LogP contribution in [0.1, 0.15) is 30.6 Å². The average Bonchev–Trinajstić information content (AvgIpc) is 2.44. The number of nitrogens with one attached hydrogen (secondary N) is 1. The summed E-state index contributed by atoms with van der Waals surface area (Å²) in [4.78, 5) is 22.9. The number of anilines is 1. The first-order chi connectivity index (χ1) is 9.93. The van der Waals surface area contributed by atoms with Gasteiger partial charge in [-0.25, -0.2) is 4.79 Å². The van der Waals surface area contributed by atoms with Crippen LogP contribution < -0.4 is 15.8 Å². The number of carbonyl (C=O) groups is 2. The summed E-state index contributed by atoms with van der Waals surface area (Å²) in [6, 6.07) is 4.54. The smallest absolute Gasteiger partial charge is 0.337 e. The van der Waals surface area contributed by atoms with E-state index in [1.165, 1.54) is 19.2 Å². The first-order valence-corrected chi connectivity index (χ1v) is 6.81. The van der Waals surface area contributed by atoms with E-state index in [0.717, 1.165) is 6.42 Å². The fraction of sp³-hybridized carbons (Fsp3) is 0.467. The van der Waals surface area contributed by atoms with Crippen LogP contribution in [0.4, 0.5) is 5.69 Å². The molecule has 1 amide bonds. The molecular formula is C15H22N2O4. The summed E-state index contributed by atoms with van der Waals surface area (Å²) in [6.45, 7) is 4.69. The minimum absolute atomic E-state index is 0.111. The summed E-state index contributed by atoms with van der Waals surface area (Å²) in [6.07, 6.45) is 0.918. The second-order valence-corrected chi connectivity index (χ2v) is 5.07. The highest BCUT2D eigenvalue weighted by Gasteiger charge is 2.10. The third kappa shape index (κ3) is 5.72. The third-order valence-corrected chi connectivity index (χ3v) is 2.83. The lowest BCUT2D eigenvalue weighted by atomic mass is 10.1. The molecule has 6 nitrogen and oxygen atoms in total. The molecular weight excluding hydrogens is 272 g/mol. The predicted molar refractivity (Wildman–Crippen MR) is 80.2 cm³/mol. The Bertz CT molecular complexity index is 500. The van der Waals surface area contributed by atoms with Crippen molar-refractivity contribution in [2.24, 2.45) is 5.92 Å². The zero-order valence-electron chi connectivity index (χ0n) is 12.6. The van der Waals surface area contributed by atoms with E-state index >= 15 is 0 Å². The van der Waals surface area contributed by atoms with Crippen molar-refractivity contribution in [1.29, 1.82) is 0 Å². The molecule has 116 valence electrons. The molecule has 0 aromatic heterocycles. The van der Waals surface area contributed by atoms with Crippen LogP contribution in [0.5, 0.6) is 5.75 Å². The average molecular weight is 294 g/mol. The quantitative estimate of drug-likeness (QED) is 0.589. The van der Waals surface area contributed by atoms with Gasteiger partial charge in [0, 0.05) is 6.54 Å². The van der Waals surface area contributed by atoms with Crippen molar-refractivity contribution >= 4 is 17.6 Å². The Morgan fingerprint density at radius 1 is 1.33 bits per heavy atom. The Balaban J connectivity index is 2.48. The number of rotatable bonds is 7. The van der Waals surface area contributed by atoms with Crippen LogP contribution in [-0.4, -0.2) is 32.1 Å². The van der Waals surface area contributed by atoms with Crippen molar-refractivity contribution in [2.75, 3.05) is 26.0 Å². The molecule has 0 radical (unpaired) electrons. The Morgan fingerprint density at radius 2 is 2.05 bits per heavy atom. The lowest BCUT2D eigenvalue weighted by Crippen LogP contribution is -2.30. The molecule has 0 saturated heterocycles. The summed E-state index contributed by atoms with van der Waals surface area (Å²) in [5, 5.41) is 2.76. The van der Waals surface area contributed by atoms with E-state index in [9.17, 15) is 9.59 Å². The van der Waals surface area contributed by atoms with Crippen molar-refractivity contribution in [2.45, 2.75) is 20.3 Å². The molecule has 21 heavy (non-hydrogen) atoms. The highest BCUT2D eigenvalue weighted by Crippen LogP contribution is 2.22. The van der Waals surface area contributed by atoms with Gasteiger partial charge in [0.15, 0.2) is 6.61 Å². The Kier molecular flexibility index (Phi) is 6.52. The SMILES string of the molecule is COC(=O)c1ccc(OCC(=O)NCCC(C)C)c(N)c1. The number of benzene rings is 1. The van der Waals surface area contributed by atoms with Gasteiger partial charge in [0.25, 0.3) is 5.91 Å². The van der Waals surface area contributed by atoms with Gasteiger partial charge in [-0.2, -0.15) is 0 Å². The molecule has 0 bridgehead atoms. The highest BCUT2D eigenvalue weighted by atomic mass is 16.5. The molecule has 0 fully saturated rings. The molecule has 1 rings (SSSR count). The number of nitrogens with two attached hydrogens (primary N) is 1. The molecule has 0 spiro atoms. The first kappa shape index (κ1) is 16.8. The van der Waals surface area contributed by atoms with E-state index < -0.39 is 5.97 Å². The molecule has 6 heteroatoms. The molecule has 1 aromatic carbocycles. The van der Waals surface area contributed by atoms with Gasteiger partial charge in [0.05, 0.1) is 18.4 Å². The third-order valence-electron chi connectivity index (χ3n) is 2.83. The van der Waals surface area contributed by atoms with Gasteiger partial charge < -0.3 is 20.5 Å². The highest BCUT2D eigenvalue weighted by molar-refractivity contribution is 5.91. The van der Waals surface area contributed by atoms with Gasteiger partial charge in [0.2, 0.25) is 0 Å². The lowest BCUT2D eigenvalue weighted by Gasteiger charge is -2.11. The maximum Gasteiger partial charge on any atom is 0.337 e. The molecule has 1 aromatic rings. The summed E-state index contributed by atoms with van der Waals surface area (Å²) < 4.78 is 9.93. The molecule has 0 atom stereocenters. The second kappa shape index (κ2) is 8.14. The van der Waals surface area contributed by atoms with Gasteiger partial charge in [-0.3, -0.25) is 4.79 Å². The molecule has 0 heterocycles. The molecule has 0 saturated carbocycles. The number of carbonyl (C=O) groups excluding carboxylic acids is 2. The molecule has 0 aliphatic heterocycles. The lowest BCUT2D eigenvalue weighted by molar-refractivity contribution is -0.123. The maximum absolute atomic E-state index is 11.6. The van der Waals surface area contributed by atoms with Gasteiger partial charge in [-0.05, 0) is 30.5 Å². The summed E-state index contributed by atoms with van der Waals surface area (Å²) in [7, 11) is 1.30. The summed E-state index contributed by atoms with van der Waals surface area (Å²) in [5.41, 5.74) is 6.40. The first-order valence-electron chi connectivity index (χ1n) is 6.81. The number of ether oxygens (including phenoxy) is 2. The van der Waals surface area contributed by atoms with E-state index in [1.807, 2.05) is 0 Å². The second-order valence-electron chi connectivity index (χ2n) is 5.07. The van der Waals surface area contributed by atoms with E-state index in [-0.39, 0.29) is 18.2 Å². The van der Waals surface area contributed by atoms with Gasteiger partial charge >= 0.3 is 5.97 Å². The fourth-order valence-electron chi connectivity index (χ4n) is 1.62. The number of amides is 1. The van der Waals surface area contributed by atoms with Crippen LogP contribution >= 0.6 is 0 Å². The molecule has 0 aliphatic rings. The van der Waals surface area contributed by atoms with Crippen LogP contribution in [0.25, 0.3) is 0 Å². The minimum atomic E-state index is -0.473. The van der Waals surface area contributed by atoms with E-state index in [4.69, 9.17) is 10.5 Å². The number of methoxy groups -OCH3 is 1. The Hall–Kier alpha value is -2.24. The van der Waals surface area contributed by atoms with Crippen LogP contribution in [0, 0.1) is 5.92 Å². The van der Waals surface area contributed by atoms with E-state index in [0.29, 0.717) is 23.8 Å². The standard InChI is InChI=1S/C15H22N2O4/c1-10(2)6-7-17-14(18)9-21-13-5-4-11(8-12(13)16)15(19)20-3/h4-5,8,10H,6-7,9,16H2,1-3H3,(H,17,18). The normalized spacial score (nSPS) is 10.3. The largest absolute Gasteiger partial charge is 0.482 e. The zero-order chi connectivity index (χ0) is 15.8. The zero-order valence-corrected chi connectivity index (χ0v) is 12.6. The number of nitrogen functional groups attached to an aromatic ring is 1. The summed E-state index contributed by atoms with van der Waals surface area (Å²) >= 11 is 0. The summed E-state index contributed by atoms with van der Waals surface area (Å²) in [5.74, 6) is 0.223. The van der Waals surface area contributed by atoms with Gasteiger partial charge in [-0.1, -0.05) is 13.8 Å². The van der Waals surface area contributed by atoms with Crippen molar-refractivity contribution in [3.8, 4) is 5.75 Å². The molecule has 3 N–H and O–H groups in total. The van der Waals surface area contributed by atoms with E-state index in [1.54, 1.807) is 6.07 Å². The maximum atomic E-state index is 11.6.